The van der Waals surface area contributed by atoms with Gasteiger partial charge in [0.15, 0.2) is 5.17 Å². The monoisotopic (exact) mass is 460 g/mol. The van der Waals surface area contributed by atoms with E-state index >= 15 is 0 Å². The molecule has 1 saturated heterocycles. The molecule has 0 bridgehead atoms. The van der Waals surface area contributed by atoms with Gasteiger partial charge >= 0.3 is 0 Å². The van der Waals surface area contributed by atoms with E-state index in [-0.39, 0.29) is 18.2 Å². The Morgan fingerprint density at radius 2 is 2.11 bits per heavy atom. The van der Waals surface area contributed by atoms with Crippen LogP contribution in [0, 0.1) is 0 Å². The average Bonchev–Trinajstić information content (AvgIpc) is 3.01. The Hall–Kier alpha value is -2.65. The highest BCUT2D eigenvalue weighted by Crippen LogP contribution is 2.23. The molecule has 2 aromatic rings. The highest BCUT2D eigenvalue weighted by Gasteiger charge is 2.32. The topological polar surface area (TPSA) is 92.2 Å². The summed E-state index contributed by atoms with van der Waals surface area (Å²) in [5, 5.41) is 13.2. The quantitative estimate of drug-likeness (QED) is 0.510. The van der Waals surface area contributed by atoms with Gasteiger partial charge in [0.05, 0.1) is 13.3 Å². The molecule has 0 aliphatic carbocycles. The van der Waals surface area contributed by atoms with Crippen molar-refractivity contribution >= 4 is 56.6 Å². The number of methoxy groups -OCH3 is 1. The van der Waals surface area contributed by atoms with Crippen LogP contribution in [0.4, 0.5) is 5.69 Å². The molecule has 0 radical (unpaired) electrons. The van der Waals surface area contributed by atoms with Crippen molar-refractivity contribution in [1.82, 2.24) is 5.32 Å². The molecule has 1 unspecified atom stereocenters. The summed E-state index contributed by atoms with van der Waals surface area (Å²) in [5.74, 6) is 0.257. The first kappa shape index (κ1) is 20.1. The fourth-order valence-electron chi connectivity index (χ4n) is 2.37. The molecule has 2 amide bonds. The van der Waals surface area contributed by atoms with E-state index < -0.39 is 5.25 Å². The second kappa shape index (κ2) is 9.52. The maximum atomic E-state index is 12.2. The number of thioether (sulfide) groups is 1. The third kappa shape index (κ3) is 5.67. The number of ether oxygens (including phenoxy) is 1. The van der Waals surface area contributed by atoms with Gasteiger partial charge in [-0.2, -0.15) is 5.10 Å². The summed E-state index contributed by atoms with van der Waals surface area (Å²) < 4.78 is 5.96. The minimum absolute atomic E-state index is 0.0459. The molecule has 1 aliphatic rings. The molecule has 0 saturated carbocycles. The number of anilines is 1. The maximum absolute atomic E-state index is 12.2. The molecule has 1 aliphatic heterocycles. The Morgan fingerprint density at radius 3 is 2.82 bits per heavy atom. The molecule has 1 heterocycles. The minimum Gasteiger partial charge on any atom is -0.497 e. The van der Waals surface area contributed by atoms with E-state index in [9.17, 15) is 9.59 Å². The van der Waals surface area contributed by atoms with Crippen LogP contribution >= 0.6 is 27.7 Å². The average molecular weight is 461 g/mol. The summed E-state index contributed by atoms with van der Waals surface area (Å²) in [7, 11) is 1.60. The highest BCUT2D eigenvalue weighted by atomic mass is 79.9. The first-order valence-corrected chi connectivity index (χ1v) is 9.99. The van der Waals surface area contributed by atoms with E-state index in [1.54, 1.807) is 25.5 Å². The Kier molecular flexibility index (Phi) is 6.83. The van der Waals surface area contributed by atoms with Gasteiger partial charge in [0.2, 0.25) is 11.8 Å². The number of benzene rings is 2. The number of amidine groups is 1. The van der Waals surface area contributed by atoms with E-state index in [1.807, 2.05) is 36.4 Å². The van der Waals surface area contributed by atoms with Crippen LogP contribution in [0.25, 0.3) is 0 Å². The Balaban J connectivity index is 1.54. The molecule has 28 heavy (non-hydrogen) atoms. The van der Waals surface area contributed by atoms with Gasteiger partial charge in [-0.25, -0.2) is 0 Å². The standard InChI is InChI=1S/C19H17BrN4O3S/c1-27-15-7-5-12(6-8-15)11-21-24-19-23-18(26)16(28-19)10-17(25)22-14-4-2-3-13(20)9-14/h2-9,11,16H,10H2,1H3,(H,22,25)(H,23,24,26). The smallest absolute Gasteiger partial charge is 0.240 e. The van der Waals surface area contributed by atoms with Crippen molar-refractivity contribution in [3.63, 3.8) is 0 Å². The van der Waals surface area contributed by atoms with E-state index in [2.05, 4.69) is 36.8 Å². The van der Waals surface area contributed by atoms with Crippen LogP contribution in [0.15, 0.2) is 63.2 Å². The lowest BCUT2D eigenvalue weighted by Crippen LogP contribution is -2.28. The maximum Gasteiger partial charge on any atom is 0.240 e. The van der Waals surface area contributed by atoms with Crippen molar-refractivity contribution < 1.29 is 14.3 Å². The van der Waals surface area contributed by atoms with E-state index in [4.69, 9.17) is 4.74 Å². The zero-order valence-corrected chi connectivity index (χ0v) is 17.3. The number of amides is 2. The lowest BCUT2D eigenvalue weighted by atomic mass is 10.2. The van der Waals surface area contributed by atoms with Gasteiger partial charge in [-0.05, 0) is 48.0 Å². The van der Waals surface area contributed by atoms with Gasteiger partial charge in [0.1, 0.15) is 11.0 Å². The largest absolute Gasteiger partial charge is 0.497 e. The zero-order valence-electron chi connectivity index (χ0n) is 14.9. The van der Waals surface area contributed by atoms with Crippen molar-refractivity contribution in [2.24, 2.45) is 10.2 Å². The SMILES string of the molecule is COc1ccc(C=NN=C2NC(=O)C(CC(=O)Nc3cccc(Br)c3)S2)cc1. The molecule has 1 atom stereocenters. The molecule has 2 N–H and O–H groups in total. The fourth-order valence-corrected chi connectivity index (χ4v) is 3.69. The van der Waals surface area contributed by atoms with Crippen LogP contribution in [-0.4, -0.2) is 35.6 Å². The van der Waals surface area contributed by atoms with Crippen molar-refractivity contribution in [1.29, 1.82) is 0 Å². The molecule has 144 valence electrons. The Morgan fingerprint density at radius 1 is 1.32 bits per heavy atom. The van der Waals surface area contributed by atoms with Crippen LogP contribution in [-0.2, 0) is 9.59 Å². The first-order valence-electron chi connectivity index (χ1n) is 8.31. The van der Waals surface area contributed by atoms with Crippen LogP contribution in [0.2, 0.25) is 0 Å². The molecule has 0 aromatic heterocycles. The molecule has 1 fully saturated rings. The van der Waals surface area contributed by atoms with Gasteiger partial charge in [-0.3, -0.25) is 9.59 Å². The fraction of sp³-hybridized carbons (Fsp3) is 0.158. The van der Waals surface area contributed by atoms with E-state index in [0.717, 1.165) is 15.8 Å². The summed E-state index contributed by atoms with van der Waals surface area (Å²) in [6.07, 6.45) is 1.62. The van der Waals surface area contributed by atoms with Gasteiger partial charge in [0, 0.05) is 16.6 Å². The Bertz CT molecular complexity index is 931. The molecule has 9 heteroatoms. The predicted molar refractivity (Wildman–Crippen MR) is 115 cm³/mol. The molecule has 3 rings (SSSR count). The van der Waals surface area contributed by atoms with E-state index in [1.165, 1.54) is 11.8 Å². The number of hydrogen-bond acceptors (Lipinski definition) is 6. The van der Waals surface area contributed by atoms with Crippen molar-refractivity contribution in [2.75, 3.05) is 12.4 Å². The second-order valence-corrected chi connectivity index (χ2v) is 7.89. The molecule has 0 spiro atoms. The normalized spacial score (nSPS) is 17.7. The molecular weight excluding hydrogens is 444 g/mol. The molecule has 2 aromatic carbocycles. The summed E-state index contributed by atoms with van der Waals surface area (Å²) in [4.78, 5) is 24.2. The number of nitrogens with zero attached hydrogens (tertiary/aromatic N) is 2. The Labute approximate surface area is 174 Å². The van der Waals surface area contributed by atoms with Crippen LogP contribution in [0.1, 0.15) is 12.0 Å². The lowest BCUT2D eigenvalue weighted by molar-refractivity contribution is -0.122. The second-order valence-electron chi connectivity index (χ2n) is 5.78. The highest BCUT2D eigenvalue weighted by molar-refractivity contribution is 9.10. The lowest BCUT2D eigenvalue weighted by Gasteiger charge is -2.07. The van der Waals surface area contributed by atoms with Crippen molar-refractivity contribution in [3.8, 4) is 5.75 Å². The number of carbonyl (C=O) groups excluding carboxylic acids is 2. The first-order chi connectivity index (χ1) is 13.5. The zero-order chi connectivity index (χ0) is 19.9. The summed E-state index contributed by atoms with van der Waals surface area (Å²) in [6.45, 7) is 0. The third-order valence-corrected chi connectivity index (χ3v) is 5.29. The number of carbonyl (C=O) groups is 2. The number of nitrogens with one attached hydrogen (secondary N) is 2. The third-order valence-electron chi connectivity index (χ3n) is 3.73. The predicted octanol–water partition coefficient (Wildman–Crippen LogP) is 3.41. The number of rotatable bonds is 6. The molecular formula is C19H17BrN4O3S. The van der Waals surface area contributed by atoms with Crippen LogP contribution in [0.3, 0.4) is 0 Å². The number of hydrogen-bond donors (Lipinski definition) is 2. The molecule has 7 nitrogen and oxygen atoms in total. The van der Waals surface area contributed by atoms with Gasteiger partial charge in [-0.1, -0.05) is 33.8 Å². The van der Waals surface area contributed by atoms with Gasteiger partial charge in [0.25, 0.3) is 0 Å². The van der Waals surface area contributed by atoms with Crippen LogP contribution < -0.4 is 15.4 Å². The van der Waals surface area contributed by atoms with Crippen molar-refractivity contribution in [3.05, 3.63) is 58.6 Å². The van der Waals surface area contributed by atoms with E-state index in [0.29, 0.717) is 10.9 Å². The minimum atomic E-state index is -0.540. The van der Waals surface area contributed by atoms with Gasteiger partial charge < -0.3 is 15.4 Å². The number of halogens is 1. The summed E-state index contributed by atoms with van der Waals surface area (Å²) >= 11 is 4.54. The van der Waals surface area contributed by atoms with Crippen LogP contribution in [0.5, 0.6) is 5.75 Å². The van der Waals surface area contributed by atoms with Crippen molar-refractivity contribution in [2.45, 2.75) is 11.7 Å². The summed E-state index contributed by atoms with van der Waals surface area (Å²) in [6, 6.07) is 14.6. The van der Waals surface area contributed by atoms with Gasteiger partial charge in [-0.15, -0.1) is 5.10 Å². The summed E-state index contributed by atoms with van der Waals surface area (Å²) in [5.41, 5.74) is 1.52.